The maximum atomic E-state index is 12.9. The summed E-state index contributed by atoms with van der Waals surface area (Å²) in [6, 6.07) is -0.542. The summed E-state index contributed by atoms with van der Waals surface area (Å²) in [4.78, 5) is 22.9. The molecule has 0 aliphatic heterocycles. The number of carboxylic acid groups (broad SMARTS) is 1. The van der Waals surface area contributed by atoms with Gasteiger partial charge in [0.1, 0.15) is 11.6 Å². The third kappa shape index (κ3) is 7.65. The van der Waals surface area contributed by atoms with E-state index in [1.54, 1.807) is 0 Å². The Bertz CT molecular complexity index is 690. The molecule has 158 valence electrons. The summed E-state index contributed by atoms with van der Waals surface area (Å²) in [5.41, 5.74) is -4.27. The van der Waals surface area contributed by atoms with E-state index in [1.807, 2.05) is 5.32 Å². The number of aryl methyl sites for hydroxylation is 1. The van der Waals surface area contributed by atoms with Gasteiger partial charge in [-0.1, -0.05) is 0 Å². The molecule has 1 amide bonds. The van der Waals surface area contributed by atoms with Crippen LogP contribution in [-0.2, 0) is 28.3 Å². The molecule has 28 heavy (non-hydrogen) atoms. The van der Waals surface area contributed by atoms with Crippen LogP contribution in [0.3, 0.4) is 0 Å². The third-order valence-electron chi connectivity index (χ3n) is 3.36. The molecule has 1 rings (SSSR count). The van der Waals surface area contributed by atoms with E-state index in [0.29, 0.717) is 12.1 Å². The lowest BCUT2D eigenvalue weighted by molar-refractivity contribution is -0.143. The number of nitrogens with one attached hydrogen (secondary N) is 1. The first-order chi connectivity index (χ1) is 12.5. The van der Waals surface area contributed by atoms with E-state index >= 15 is 0 Å². The number of carbonyl (C=O) groups excluding carboxylic acids is 1. The molecule has 1 aromatic rings. The topological polar surface area (TPSA) is 75.6 Å². The van der Waals surface area contributed by atoms with Crippen molar-refractivity contribution in [2.24, 2.45) is 0 Å². The molecule has 0 heterocycles. The molecule has 0 aliphatic rings. The second kappa shape index (κ2) is 8.27. The number of hydrogen-bond donors (Lipinski definition) is 2. The zero-order valence-corrected chi connectivity index (χ0v) is 15.2. The van der Waals surface area contributed by atoms with Crippen molar-refractivity contribution in [1.29, 1.82) is 0 Å². The van der Waals surface area contributed by atoms with Crippen molar-refractivity contribution in [3.63, 3.8) is 0 Å². The Morgan fingerprint density at radius 3 is 1.82 bits per heavy atom. The van der Waals surface area contributed by atoms with Gasteiger partial charge in [-0.25, -0.2) is 9.59 Å². The fourth-order valence-corrected chi connectivity index (χ4v) is 2.18. The van der Waals surface area contributed by atoms with Crippen LogP contribution in [0.15, 0.2) is 18.2 Å². The van der Waals surface area contributed by atoms with E-state index in [2.05, 4.69) is 0 Å². The Kier molecular flexibility index (Phi) is 6.97. The van der Waals surface area contributed by atoms with Crippen molar-refractivity contribution in [2.45, 2.75) is 57.6 Å². The largest absolute Gasteiger partial charge is 0.480 e. The van der Waals surface area contributed by atoms with Gasteiger partial charge in [-0.15, -0.1) is 0 Å². The fourth-order valence-electron chi connectivity index (χ4n) is 2.18. The molecule has 0 saturated carbocycles. The highest BCUT2D eigenvalue weighted by atomic mass is 19.4. The number of hydrogen-bond acceptors (Lipinski definition) is 3. The van der Waals surface area contributed by atoms with Crippen LogP contribution in [0.5, 0.6) is 0 Å². The molecule has 1 atom stereocenters. The minimum Gasteiger partial charge on any atom is -0.480 e. The standard InChI is InChI=1S/C17H19F6NO4/c1-15(2,3)28-14(27)24-12(13(25)26)5-4-9-6-10(16(18,19)20)8-11(7-9)17(21,22)23/h6-8,12H,4-5H2,1-3H3,(H,24,27)(H,25,26). The molecule has 11 heteroatoms. The van der Waals surface area contributed by atoms with Crippen LogP contribution < -0.4 is 5.32 Å². The number of alkyl halides is 6. The van der Waals surface area contributed by atoms with Gasteiger partial charge in [-0.05, 0) is 57.4 Å². The number of rotatable bonds is 5. The van der Waals surface area contributed by atoms with E-state index < -0.39 is 60.0 Å². The monoisotopic (exact) mass is 415 g/mol. The van der Waals surface area contributed by atoms with E-state index in [4.69, 9.17) is 9.84 Å². The van der Waals surface area contributed by atoms with Gasteiger partial charge in [0.25, 0.3) is 0 Å². The average Bonchev–Trinajstić information content (AvgIpc) is 2.47. The van der Waals surface area contributed by atoms with Crippen LogP contribution in [0, 0.1) is 0 Å². The number of ether oxygens (including phenoxy) is 1. The summed E-state index contributed by atoms with van der Waals surface area (Å²) in [5, 5.41) is 11.2. The lowest BCUT2D eigenvalue weighted by atomic mass is 9.99. The van der Waals surface area contributed by atoms with E-state index in [0.717, 1.165) is 0 Å². The van der Waals surface area contributed by atoms with Gasteiger partial charge in [-0.2, -0.15) is 26.3 Å². The Morgan fingerprint density at radius 2 is 1.46 bits per heavy atom. The van der Waals surface area contributed by atoms with Gasteiger partial charge in [0.05, 0.1) is 11.1 Å². The van der Waals surface area contributed by atoms with Crippen LogP contribution in [0.2, 0.25) is 0 Å². The number of halogens is 6. The van der Waals surface area contributed by atoms with Crippen molar-refractivity contribution in [1.82, 2.24) is 5.32 Å². The Morgan fingerprint density at radius 1 is 1.00 bits per heavy atom. The second-order valence-electron chi connectivity index (χ2n) is 6.99. The van der Waals surface area contributed by atoms with Crippen LogP contribution in [0.1, 0.15) is 43.9 Å². The number of alkyl carbamates (subject to hydrolysis) is 1. The normalized spacial score (nSPS) is 13.8. The summed E-state index contributed by atoms with van der Waals surface area (Å²) in [6.45, 7) is 4.59. The highest BCUT2D eigenvalue weighted by Crippen LogP contribution is 2.36. The van der Waals surface area contributed by atoms with E-state index in [-0.39, 0.29) is 11.6 Å². The third-order valence-corrected chi connectivity index (χ3v) is 3.36. The highest BCUT2D eigenvalue weighted by molar-refractivity contribution is 5.80. The molecule has 0 aromatic heterocycles. The molecule has 0 fully saturated rings. The van der Waals surface area contributed by atoms with Crippen molar-refractivity contribution >= 4 is 12.1 Å². The fraction of sp³-hybridized carbons (Fsp3) is 0.529. The van der Waals surface area contributed by atoms with Crippen molar-refractivity contribution in [3.05, 3.63) is 34.9 Å². The van der Waals surface area contributed by atoms with Crippen molar-refractivity contribution in [3.8, 4) is 0 Å². The number of carbonyl (C=O) groups is 2. The first-order valence-corrected chi connectivity index (χ1v) is 8.00. The Hall–Kier alpha value is -2.46. The lowest BCUT2D eigenvalue weighted by Crippen LogP contribution is -2.43. The zero-order chi connectivity index (χ0) is 21.9. The predicted octanol–water partition coefficient (Wildman–Crippen LogP) is 4.63. The van der Waals surface area contributed by atoms with Crippen LogP contribution in [-0.4, -0.2) is 28.8 Å². The Labute approximate surface area is 156 Å². The first-order valence-electron chi connectivity index (χ1n) is 8.00. The van der Waals surface area contributed by atoms with Gasteiger partial charge in [0, 0.05) is 0 Å². The maximum absolute atomic E-state index is 12.9. The van der Waals surface area contributed by atoms with E-state index in [1.165, 1.54) is 20.8 Å². The molecule has 0 spiro atoms. The highest BCUT2D eigenvalue weighted by Gasteiger charge is 2.37. The van der Waals surface area contributed by atoms with E-state index in [9.17, 15) is 35.9 Å². The molecule has 5 nitrogen and oxygen atoms in total. The summed E-state index contributed by atoms with van der Waals surface area (Å²) in [7, 11) is 0. The number of aliphatic carboxylic acids is 1. The molecule has 0 aliphatic carbocycles. The molecule has 0 radical (unpaired) electrons. The first kappa shape index (κ1) is 23.6. The number of amides is 1. The molecule has 1 unspecified atom stereocenters. The summed E-state index contributed by atoms with van der Waals surface area (Å²) < 4.78 is 82.0. The minimum absolute atomic E-state index is 0.0167. The van der Waals surface area contributed by atoms with Gasteiger partial charge >= 0.3 is 24.4 Å². The summed E-state index contributed by atoms with van der Waals surface area (Å²) in [5.74, 6) is -1.51. The summed E-state index contributed by atoms with van der Waals surface area (Å²) >= 11 is 0. The maximum Gasteiger partial charge on any atom is 0.416 e. The predicted molar refractivity (Wildman–Crippen MR) is 85.6 cm³/mol. The van der Waals surface area contributed by atoms with Gasteiger partial charge in [0.2, 0.25) is 0 Å². The smallest absolute Gasteiger partial charge is 0.416 e. The molecule has 0 saturated heterocycles. The SMILES string of the molecule is CC(C)(C)OC(=O)NC(CCc1cc(C(F)(F)F)cc(C(F)(F)F)c1)C(=O)O. The van der Waals surface area contributed by atoms with Crippen LogP contribution >= 0.6 is 0 Å². The molecular weight excluding hydrogens is 396 g/mol. The lowest BCUT2D eigenvalue weighted by Gasteiger charge is -2.22. The summed E-state index contributed by atoms with van der Waals surface area (Å²) in [6.07, 6.45) is -12.0. The molecular formula is C17H19F6NO4. The van der Waals surface area contributed by atoms with Crippen LogP contribution in [0.25, 0.3) is 0 Å². The second-order valence-corrected chi connectivity index (χ2v) is 6.99. The quantitative estimate of drug-likeness (QED) is 0.688. The Balaban J connectivity index is 3.01. The van der Waals surface area contributed by atoms with Gasteiger partial charge < -0.3 is 15.2 Å². The number of carboxylic acids is 1. The van der Waals surface area contributed by atoms with Crippen molar-refractivity contribution < 1.29 is 45.8 Å². The number of benzene rings is 1. The van der Waals surface area contributed by atoms with Crippen LogP contribution in [0.4, 0.5) is 31.1 Å². The molecule has 0 bridgehead atoms. The van der Waals surface area contributed by atoms with Crippen molar-refractivity contribution in [2.75, 3.05) is 0 Å². The average molecular weight is 415 g/mol. The minimum atomic E-state index is -5.00. The molecule has 2 N–H and O–H groups in total. The van der Waals surface area contributed by atoms with Gasteiger partial charge in [-0.3, -0.25) is 0 Å². The van der Waals surface area contributed by atoms with Gasteiger partial charge in [0.15, 0.2) is 0 Å². The zero-order valence-electron chi connectivity index (χ0n) is 15.2. The molecule has 1 aromatic carbocycles.